The zero-order valence-corrected chi connectivity index (χ0v) is 17.4. The lowest BCUT2D eigenvalue weighted by atomic mass is 9.78. The van der Waals surface area contributed by atoms with E-state index in [-0.39, 0.29) is 24.4 Å². The molecular weight excluding hydrogens is 370 g/mol. The maximum absolute atomic E-state index is 12.7. The maximum Gasteiger partial charge on any atom is 0.434 e. The Bertz CT molecular complexity index is 621. The van der Waals surface area contributed by atoms with Gasteiger partial charge in [0.2, 0.25) is 5.91 Å². The van der Waals surface area contributed by atoms with Gasteiger partial charge in [-0.25, -0.2) is 4.79 Å². The SMILES string of the molecule is O=C(CC(=O)N1CCCC2CCCCC21)NOC(=O)N1CCCC2CCCCC21. The van der Waals surface area contributed by atoms with Crippen molar-refractivity contribution in [2.75, 3.05) is 13.1 Å². The highest BCUT2D eigenvalue weighted by molar-refractivity contribution is 5.97. The Morgan fingerprint density at radius 1 is 0.724 bits per heavy atom. The molecule has 0 aromatic rings. The molecule has 4 rings (SSSR count). The van der Waals surface area contributed by atoms with Gasteiger partial charge in [0, 0.05) is 25.2 Å². The van der Waals surface area contributed by atoms with E-state index >= 15 is 0 Å². The van der Waals surface area contributed by atoms with Gasteiger partial charge in [-0.2, -0.15) is 5.48 Å². The fourth-order valence-electron chi connectivity index (χ4n) is 6.22. The van der Waals surface area contributed by atoms with Gasteiger partial charge in [0.1, 0.15) is 6.42 Å². The van der Waals surface area contributed by atoms with Gasteiger partial charge in [0.15, 0.2) is 0 Å². The molecule has 2 saturated carbocycles. The van der Waals surface area contributed by atoms with E-state index in [9.17, 15) is 14.4 Å². The van der Waals surface area contributed by atoms with Crippen LogP contribution in [0.25, 0.3) is 0 Å². The number of fused-ring (bicyclic) bond motifs is 2. The second-order valence-corrected chi connectivity index (χ2v) is 9.36. The molecule has 7 nitrogen and oxygen atoms in total. The summed E-state index contributed by atoms with van der Waals surface area (Å²) in [5.74, 6) is 0.480. The van der Waals surface area contributed by atoms with Crippen molar-refractivity contribution < 1.29 is 19.2 Å². The van der Waals surface area contributed by atoms with Gasteiger partial charge >= 0.3 is 6.09 Å². The third kappa shape index (κ3) is 4.69. The molecule has 0 aromatic carbocycles. The molecule has 1 N–H and O–H groups in total. The standard InChI is InChI=1S/C22H35N3O4/c26-20(15-21(27)24-13-5-9-16-7-1-3-11-18(16)24)23-29-22(28)25-14-6-10-17-8-2-4-12-19(17)25/h16-19H,1-15H2,(H,23,26). The molecule has 0 bridgehead atoms. The molecular formula is C22H35N3O4. The summed E-state index contributed by atoms with van der Waals surface area (Å²) >= 11 is 0. The fourth-order valence-corrected chi connectivity index (χ4v) is 6.22. The molecule has 29 heavy (non-hydrogen) atoms. The van der Waals surface area contributed by atoms with E-state index in [1.165, 1.54) is 38.5 Å². The predicted molar refractivity (Wildman–Crippen MR) is 108 cm³/mol. The number of hydrogen-bond acceptors (Lipinski definition) is 4. The number of hydroxylamine groups is 1. The molecule has 4 atom stereocenters. The zero-order valence-electron chi connectivity index (χ0n) is 17.4. The van der Waals surface area contributed by atoms with Crippen LogP contribution in [0.15, 0.2) is 0 Å². The van der Waals surface area contributed by atoms with Gasteiger partial charge in [-0.1, -0.05) is 25.7 Å². The van der Waals surface area contributed by atoms with Gasteiger partial charge in [0.05, 0.1) is 0 Å². The number of amides is 3. The number of hydrogen-bond donors (Lipinski definition) is 1. The maximum atomic E-state index is 12.7. The van der Waals surface area contributed by atoms with Gasteiger partial charge in [-0.05, 0) is 63.2 Å². The normalized spacial score (nSPS) is 32.0. The summed E-state index contributed by atoms with van der Waals surface area (Å²) < 4.78 is 0. The van der Waals surface area contributed by atoms with Crippen LogP contribution in [-0.2, 0) is 14.4 Å². The van der Waals surface area contributed by atoms with E-state index in [4.69, 9.17) is 4.84 Å². The lowest BCUT2D eigenvalue weighted by Gasteiger charge is -2.44. The van der Waals surface area contributed by atoms with Gasteiger partial charge in [-0.3, -0.25) is 9.59 Å². The Morgan fingerprint density at radius 2 is 1.24 bits per heavy atom. The highest BCUT2D eigenvalue weighted by atomic mass is 16.7. The van der Waals surface area contributed by atoms with E-state index in [1.54, 1.807) is 4.90 Å². The van der Waals surface area contributed by atoms with Crippen LogP contribution in [0.3, 0.4) is 0 Å². The van der Waals surface area contributed by atoms with E-state index in [1.807, 2.05) is 4.90 Å². The summed E-state index contributed by atoms with van der Waals surface area (Å²) in [4.78, 5) is 46.3. The minimum atomic E-state index is -0.529. The summed E-state index contributed by atoms with van der Waals surface area (Å²) in [6.07, 6.45) is 12.9. The summed E-state index contributed by atoms with van der Waals surface area (Å²) in [6, 6.07) is 0.525. The van der Waals surface area contributed by atoms with Crippen molar-refractivity contribution in [2.45, 2.75) is 95.6 Å². The van der Waals surface area contributed by atoms with Crippen molar-refractivity contribution in [1.82, 2.24) is 15.3 Å². The largest absolute Gasteiger partial charge is 0.434 e. The van der Waals surface area contributed by atoms with E-state index in [0.29, 0.717) is 18.4 Å². The van der Waals surface area contributed by atoms with Gasteiger partial charge in [0.25, 0.3) is 5.91 Å². The lowest BCUT2D eigenvalue weighted by molar-refractivity contribution is -0.144. The lowest BCUT2D eigenvalue weighted by Crippen LogP contribution is -2.52. The highest BCUT2D eigenvalue weighted by Crippen LogP contribution is 2.36. The number of piperidine rings is 2. The van der Waals surface area contributed by atoms with Crippen LogP contribution >= 0.6 is 0 Å². The van der Waals surface area contributed by atoms with Crippen molar-refractivity contribution in [3.8, 4) is 0 Å². The summed E-state index contributed by atoms with van der Waals surface area (Å²) in [5.41, 5.74) is 2.24. The first-order valence-electron chi connectivity index (χ1n) is 11.7. The number of carbonyl (C=O) groups is 3. The fraction of sp³-hybridized carbons (Fsp3) is 0.864. The minimum absolute atomic E-state index is 0.138. The first-order valence-corrected chi connectivity index (χ1v) is 11.7. The molecule has 4 unspecified atom stereocenters. The van der Waals surface area contributed by atoms with E-state index in [0.717, 1.165) is 45.1 Å². The van der Waals surface area contributed by atoms with Crippen molar-refractivity contribution in [2.24, 2.45) is 11.8 Å². The van der Waals surface area contributed by atoms with Crippen molar-refractivity contribution in [1.29, 1.82) is 0 Å². The van der Waals surface area contributed by atoms with Crippen LogP contribution in [-0.4, -0.2) is 52.9 Å². The molecule has 162 valence electrons. The Kier molecular flexibility index (Phi) is 6.60. The third-order valence-corrected chi connectivity index (χ3v) is 7.61. The molecule has 2 aliphatic carbocycles. The van der Waals surface area contributed by atoms with E-state index < -0.39 is 12.0 Å². The van der Waals surface area contributed by atoms with Gasteiger partial charge in [-0.15, -0.1) is 0 Å². The summed E-state index contributed by atoms with van der Waals surface area (Å²) in [5, 5.41) is 0. The van der Waals surface area contributed by atoms with Crippen LogP contribution in [0.2, 0.25) is 0 Å². The molecule has 2 saturated heterocycles. The van der Waals surface area contributed by atoms with Crippen LogP contribution in [0.5, 0.6) is 0 Å². The van der Waals surface area contributed by atoms with Gasteiger partial charge < -0.3 is 14.6 Å². The average molecular weight is 406 g/mol. The molecule has 4 aliphatic rings. The van der Waals surface area contributed by atoms with Crippen LogP contribution in [0.4, 0.5) is 4.79 Å². The highest BCUT2D eigenvalue weighted by Gasteiger charge is 2.38. The van der Waals surface area contributed by atoms with E-state index in [2.05, 4.69) is 5.48 Å². The molecule has 0 aromatic heterocycles. The number of nitrogens with zero attached hydrogens (tertiary/aromatic N) is 2. The Labute approximate surface area is 173 Å². The van der Waals surface area contributed by atoms with Crippen molar-refractivity contribution in [3.05, 3.63) is 0 Å². The van der Waals surface area contributed by atoms with Crippen LogP contribution in [0.1, 0.15) is 83.5 Å². The molecule has 2 aliphatic heterocycles. The zero-order chi connectivity index (χ0) is 20.2. The minimum Gasteiger partial charge on any atom is -0.339 e. The monoisotopic (exact) mass is 405 g/mol. The smallest absolute Gasteiger partial charge is 0.339 e. The predicted octanol–water partition coefficient (Wildman–Crippen LogP) is 3.38. The first kappa shape index (κ1) is 20.5. The topological polar surface area (TPSA) is 79.0 Å². The third-order valence-electron chi connectivity index (χ3n) is 7.61. The molecule has 2 heterocycles. The van der Waals surface area contributed by atoms with Crippen LogP contribution < -0.4 is 5.48 Å². The Morgan fingerprint density at radius 3 is 1.90 bits per heavy atom. The van der Waals surface area contributed by atoms with Crippen molar-refractivity contribution >= 4 is 17.9 Å². The molecule has 3 amide bonds. The second-order valence-electron chi connectivity index (χ2n) is 9.36. The number of rotatable bonds is 2. The summed E-state index contributed by atoms with van der Waals surface area (Å²) in [7, 11) is 0. The number of likely N-dealkylation sites (tertiary alicyclic amines) is 2. The first-order chi connectivity index (χ1) is 14.1. The number of nitrogens with one attached hydrogen (secondary N) is 1. The van der Waals surface area contributed by atoms with Crippen molar-refractivity contribution in [3.63, 3.8) is 0 Å². The summed E-state index contributed by atoms with van der Waals surface area (Å²) in [6.45, 7) is 1.43. The van der Waals surface area contributed by atoms with Crippen LogP contribution in [0, 0.1) is 11.8 Å². The molecule has 7 heteroatoms. The molecule has 0 spiro atoms. The quantitative estimate of drug-likeness (QED) is 0.564. The Balaban J connectivity index is 1.25. The molecule has 0 radical (unpaired) electrons. The number of carbonyl (C=O) groups excluding carboxylic acids is 3. The second kappa shape index (κ2) is 9.35. The average Bonchev–Trinajstić information content (AvgIpc) is 2.76. The molecule has 4 fully saturated rings. The Hall–Kier alpha value is -1.79.